The van der Waals surface area contributed by atoms with Gasteiger partial charge in [-0.25, -0.2) is 0 Å². The maximum atomic E-state index is 12.4. The number of hydrogen-bond donors (Lipinski definition) is 1. The van der Waals surface area contributed by atoms with E-state index >= 15 is 0 Å². The fourth-order valence-corrected chi connectivity index (χ4v) is 2.85. The number of aryl methyl sites for hydroxylation is 1. The Morgan fingerprint density at radius 1 is 1.38 bits per heavy atom. The minimum atomic E-state index is -0.254. The van der Waals surface area contributed by atoms with Gasteiger partial charge in [0.15, 0.2) is 0 Å². The van der Waals surface area contributed by atoms with E-state index < -0.39 is 0 Å². The fourth-order valence-electron chi connectivity index (χ4n) is 2.73. The molecule has 1 aromatic heterocycles. The molecule has 0 radical (unpaired) electrons. The first kappa shape index (κ1) is 14.1. The van der Waals surface area contributed by atoms with Gasteiger partial charge in [0, 0.05) is 17.8 Å². The van der Waals surface area contributed by atoms with Gasteiger partial charge >= 0.3 is 0 Å². The van der Waals surface area contributed by atoms with E-state index in [1.165, 1.54) is 0 Å². The maximum Gasteiger partial charge on any atom is 0.255 e. The van der Waals surface area contributed by atoms with Crippen LogP contribution < -0.4 is 5.32 Å². The van der Waals surface area contributed by atoms with Crippen molar-refractivity contribution >= 4 is 17.5 Å². The summed E-state index contributed by atoms with van der Waals surface area (Å²) in [5.41, 5.74) is 1.47. The zero-order chi connectivity index (χ0) is 14.9. The van der Waals surface area contributed by atoms with E-state index in [9.17, 15) is 4.79 Å². The van der Waals surface area contributed by atoms with Crippen LogP contribution in [0.3, 0.4) is 0 Å². The molecule has 0 bridgehead atoms. The molecule has 1 heterocycles. The Bertz CT molecular complexity index is 644. The van der Waals surface area contributed by atoms with Gasteiger partial charge in [0.1, 0.15) is 0 Å². The standard InChI is InChI=1S/C16H18ClN3O/c1-2-20-11-12(10-18-20)15(21)19-16(8-3-9-16)13-4-6-14(17)7-5-13/h4-7,10-11H,2-3,8-9H2,1H3,(H,19,21). The minimum Gasteiger partial charge on any atom is -0.342 e. The Labute approximate surface area is 129 Å². The van der Waals surface area contributed by atoms with Crippen LogP contribution in [0, 0.1) is 0 Å². The lowest BCUT2D eigenvalue weighted by atomic mass is 9.71. The highest BCUT2D eigenvalue weighted by molar-refractivity contribution is 6.30. The summed E-state index contributed by atoms with van der Waals surface area (Å²) in [6.07, 6.45) is 6.44. The van der Waals surface area contributed by atoms with Gasteiger partial charge in [-0.2, -0.15) is 5.10 Å². The Morgan fingerprint density at radius 2 is 2.10 bits per heavy atom. The van der Waals surface area contributed by atoms with Crippen LogP contribution >= 0.6 is 11.6 Å². The third-order valence-electron chi connectivity index (χ3n) is 4.18. The molecule has 1 aliphatic carbocycles. The predicted molar refractivity (Wildman–Crippen MR) is 82.3 cm³/mol. The first-order chi connectivity index (χ1) is 10.1. The number of benzene rings is 1. The van der Waals surface area contributed by atoms with Crippen LogP contribution in [0.25, 0.3) is 0 Å². The molecule has 0 atom stereocenters. The Balaban J connectivity index is 1.80. The summed E-state index contributed by atoms with van der Waals surface area (Å²) in [5.74, 6) is -0.0654. The molecule has 21 heavy (non-hydrogen) atoms. The zero-order valence-corrected chi connectivity index (χ0v) is 12.7. The molecule has 0 spiro atoms. The molecule has 0 aliphatic heterocycles. The third kappa shape index (κ3) is 2.68. The topological polar surface area (TPSA) is 46.9 Å². The number of halogens is 1. The molecule has 1 fully saturated rings. The minimum absolute atomic E-state index is 0.0654. The number of amides is 1. The predicted octanol–water partition coefficient (Wildman–Crippen LogP) is 3.37. The van der Waals surface area contributed by atoms with Gasteiger partial charge in [-0.15, -0.1) is 0 Å². The van der Waals surface area contributed by atoms with Crippen LogP contribution in [-0.2, 0) is 12.1 Å². The number of aromatic nitrogens is 2. The molecule has 0 saturated heterocycles. The highest BCUT2D eigenvalue weighted by Crippen LogP contribution is 2.41. The van der Waals surface area contributed by atoms with Crippen LogP contribution in [0.4, 0.5) is 0 Å². The van der Waals surface area contributed by atoms with Crippen LogP contribution in [0.5, 0.6) is 0 Å². The van der Waals surface area contributed by atoms with Crippen molar-refractivity contribution in [2.75, 3.05) is 0 Å². The van der Waals surface area contributed by atoms with Gasteiger partial charge in [-0.05, 0) is 43.9 Å². The number of carbonyl (C=O) groups is 1. The van der Waals surface area contributed by atoms with Crippen LogP contribution in [0.1, 0.15) is 42.1 Å². The quantitative estimate of drug-likeness (QED) is 0.941. The highest BCUT2D eigenvalue weighted by atomic mass is 35.5. The normalized spacial score (nSPS) is 16.3. The van der Waals surface area contributed by atoms with Crippen molar-refractivity contribution in [3.05, 3.63) is 52.8 Å². The lowest BCUT2D eigenvalue weighted by molar-refractivity contribution is 0.0823. The molecular formula is C16H18ClN3O. The van der Waals surface area contributed by atoms with E-state index in [1.807, 2.05) is 31.2 Å². The number of rotatable bonds is 4. The molecule has 110 valence electrons. The molecule has 3 rings (SSSR count). The van der Waals surface area contributed by atoms with Gasteiger partial charge in [0.2, 0.25) is 0 Å². The van der Waals surface area contributed by atoms with Crippen molar-refractivity contribution in [1.29, 1.82) is 0 Å². The Hall–Kier alpha value is -1.81. The van der Waals surface area contributed by atoms with E-state index in [0.717, 1.165) is 31.4 Å². The summed E-state index contributed by atoms with van der Waals surface area (Å²) in [6.45, 7) is 2.76. The maximum absolute atomic E-state index is 12.4. The summed E-state index contributed by atoms with van der Waals surface area (Å²) in [7, 11) is 0. The van der Waals surface area contributed by atoms with E-state index in [-0.39, 0.29) is 11.4 Å². The van der Waals surface area contributed by atoms with Gasteiger partial charge in [-0.3, -0.25) is 9.48 Å². The number of hydrogen-bond acceptors (Lipinski definition) is 2. The number of carbonyl (C=O) groups excluding carboxylic acids is 1. The summed E-state index contributed by atoms with van der Waals surface area (Å²) in [5, 5.41) is 8.05. The molecule has 4 nitrogen and oxygen atoms in total. The van der Waals surface area contributed by atoms with E-state index in [1.54, 1.807) is 17.1 Å². The van der Waals surface area contributed by atoms with Gasteiger partial charge in [0.05, 0.1) is 17.3 Å². The molecule has 5 heteroatoms. The fraction of sp³-hybridized carbons (Fsp3) is 0.375. The van der Waals surface area contributed by atoms with Crippen LogP contribution in [0.15, 0.2) is 36.7 Å². The zero-order valence-electron chi connectivity index (χ0n) is 12.0. The lowest BCUT2D eigenvalue weighted by Crippen LogP contribution is -2.50. The van der Waals surface area contributed by atoms with Crippen molar-refractivity contribution in [2.24, 2.45) is 0 Å². The van der Waals surface area contributed by atoms with E-state index in [4.69, 9.17) is 11.6 Å². The van der Waals surface area contributed by atoms with Gasteiger partial charge < -0.3 is 5.32 Å². The highest BCUT2D eigenvalue weighted by Gasteiger charge is 2.40. The average Bonchev–Trinajstić information content (AvgIpc) is 2.93. The van der Waals surface area contributed by atoms with Crippen LogP contribution in [-0.4, -0.2) is 15.7 Å². The van der Waals surface area contributed by atoms with Crippen molar-refractivity contribution < 1.29 is 4.79 Å². The molecule has 1 saturated carbocycles. The average molecular weight is 304 g/mol. The second-order valence-corrected chi connectivity index (χ2v) is 5.92. The Morgan fingerprint density at radius 3 is 2.62 bits per heavy atom. The summed E-state index contributed by atoms with van der Waals surface area (Å²) in [6, 6.07) is 7.74. The molecule has 2 aromatic rings. The molecule has 1 aromatic carbocycles. The SMILES string of the molecule is CCn1cc(C(=O)NC2(c3ccc(Cl)cc3)CCC2)cn1. The molecule has 1 N–H and O–H groups in total. The summed E-state index contributed by atoms with van der Waals surface area (Å²) < 4.78 is 1.75. The van der Waals surface area contributed by atoms with Crippen molar-refractivity contribution in [3.63, 3.8) is 0 Å². The second-order valence-electron chi connectivity index (χ2n) is 5.48. The number of nitrogens with one attached hydrogen (secondary N) is 1. The monoisotopic (exact) mass is 303 g/mol. The van der Waals surface area contributed by atoms with Crippen molar-refractivity contribution in [1.82, 2.24) is 15.1 Å². The first-order valence-corrected chi connectivity index (χ1v) is 7.62. The van der Waals surface area contributed by atoms with Gasteiger partial charge in [-0.1, -0.05) is 23.7 Å². The van der Waals surface area contributed by atoms with Crippen LogP contribution in [0.2, 0.25) is 5.02 Å². The van der Waals surface area contributed by atoms with Crippen molar-refractivity contribution in [3.8, 4) is 0 Å². The summed E-state index contributed by atoms with van der Waals surface area (Å²) >= 11 is 5.94. The third-order valence-corrected chi connectivity index (χ3v) is 4.43. The van der Waals surface area contributed by atoms with Gasteiger partial charge in [0.25, 0.3) is 5.91 Å². The van der Waals surface area contributed by atoms with E-state index in [2.05, 4.69) is 10.4 Å². The molecule has 0 unspecified atom stereocenters. The molecule has 1 aliphatic rings. The lowest BCUT2D eigenvalue weighted by Gasteiger charge is -2.43. The largest absolute Gasteiger partial charge is 0.342 e. The number of nitrogens with zero attached hydrogens (tertiary/aromatic N) is 2. The van der Waals surface area contributed by atoms with E-state index in [0.29, 0.717) is 10.6 Å². The first-order valence-electron chi connectivity index (χ1n) is 7.24. The Kier molecular flexibility index (Phi) is 3.72. The molecular weight excluding hydrogens is 286 g/mol. The smallest absolute Gasteiger partial charge is 0.255 e. The van der Waals surface area contributed by atoms with Crippen molar-refractivity contribution in [2.45, 2.75) is 38.3 Å². The summed E-state index contributed by atoms with van der Waals surface area (Å²) in [4.78, 5) is 12.4. The molecule has 1 amide bonds. The second kappa shape index (κ2) is 5.53.